The molecule has 0 fully saturated rings. The molecular formula is C16H13ClN4O5S. The zero-order valence-electron chi connectivity index (χ0n) is 13.9. The van der Waals surface area contributed by atoms with Gasteiger partial charge in [0.15, 0.2) is 4.90 Å². The minimum atomic E-state index is -4.29. The van der Waals surface area contributed by atoms with Gasteiger partial charge < -0.3 is 4.74 Å². The molecular weight excluding hydrogens is 396 g/mol. The average molecular weight is 409 g/mol. The summed E-state index contributed by atoms with van der Waals surface area (Å²) in [6.07, 6.45) is 3.15. The first-order valence-electron chi connectivity index (χ1n) is 7.46. The topological polar surface area (TPSA) is 116 Å². The van der Waals surface area contributed by atoms with E-state index in [1.807, 2.05) is 0 Å². The number of aromatic nitrogens is 2. The number of halogens is 1. The third-order valence-electron chi connectivity index (χ3n) is 3.61. The van der Waals surface area contributed by atoms with Crippen molar-refractivity contribution in [2.75, 3.05) is 11.8 Å². The van der Waals surface area contributed by atoms with Crippen molar-refractivity contribution in [3.8, 4) is 11.4 Å². The Bertz CT molecular complexity index is 1100. The van der Waals surface area contributed by atoms with Gasteiger partial charge in [0.25, 0.3) is 15.7 Å². The maximum absolute atomic E-state index is 12.8. The molecule has 0 saturated carbocycles. The molecule has 140 valence electrons. The first-order valence-corrected chi connectivity index (χ1v) is 9.33. The third kappa shape index (κ3) is 3.86. The predicted octanol–water partition coefficient (Wildman–Crippen LogP) is 3.24. The van der Waals surface area contributed by atoms with Crippen molar-refractivity contribution < 1.29 is 18.1 Å². The van der Waals surface area contributed by atoms with Crippen molar-refractivity contribution in [3.63, 3.8) is 0 Å². The minimum absolute atomic E-state index is 0.122. The maximum atomic E-state index is 12.8. The Morgan fingerprint density at radius 2 is 2.04 bits per heavy atom. The van der Waals surface area contributed by atoms with Crippen LogP contribution in [-0.4, -0.2) is 30.2 Å². The van der Waals surface area contributed by atoms with Crippen LogP contribution in [0, 0.1) is 10.1 Å². The van der Waals surface area contributed by atoms with E-state index < -0.39 is 25.5 Å². The second-order valence-corrected chi connectivity index (χ2v) is 7.40. The second kappa shape index (κ2) is 7.25. The molecule has 0 spiro atoms. The van der Waals surface area contributed by atoms with Crippen LogP contribution < -0.4 is 9.46 Å². The van der Waals surface area contributed by atoms with Crippen molar-refractivity contribution in [1.82, 2.24) is 9.78 Å². The van der Waals surface area contributed by atoms with E-state index in [-0.39, 0.29) is 16.5 Å². The lowest BCUT2D eigenvalue weighted by Crippen LogP contribution is -2.16. The molecule has 0 bridgehead atoms. The van der Waals surface area contributed by atoms with Crippen molar-refractivity contribution in [1.29, 1.82) is 0 Å². The number of methoxy groups -OCH3 is 1. The quantitative estimate of drug-likeness (QED) is 0.494. The van der Waals surface area contributed by atoms with Gasteiger partial charge in [-0.1, -0.05) is 11.6 Å². The summed E-state index contributed by atoms with van der Waals surface area (Å²) < 4.78 is 34.4. The number of nitro benzene ring substituents is 1. The van der Waals surface area contributed by atoms with Gasteiger partial charge in [-0.25, -0.2) is 13.1 Å². The summed E-state index contributed by atoms with van der Waals surface area (Å²) in [4.78, 5) is 10.0. The standard InChI is InChI=1S/C16H13ClN4O5S/c1-26-12-4-6-16(15(10-12)21(22)23)27(24,25)19-13-9-11(17)3-5-14(13)20-8-2-7-18-20/h2-10,19H,1H3. The summed E-state index contributed by atoms with van der Waals surface area (Å²) in [7, 11) is -2.96. The highest BCUT2D eigenvalue weighted by Crippen LogP contribution is 2.32. The molecule has 0 radical (unpaired) electrons. The number of nitro groups is 1. The van der Waals surface area contributed by atoms with E-state index in [2.05, 4.69) is 9.82 Å². The van der Waals surface area contributed by atoms with Crippen LogP contribution in [0.4, 0.5) is 11.4 Å². The molecule has 9 nitrogen and oxygen atoms in total. The van der Waals surface area contributed by atoms with Gasteiger partial charge in [-0.3, -0.25) is 14.8 Å². The molecule has 0 aliphatic rings. The van der Waals surface area contributed by atoms with E-state index in [0.717, 1.165) is 12.1 Å². The first-order chi connectivity index (χ1) is 12.8. The van der Waals surface area contributed by atoms with Gasteiger partial charge in [0.1, 0.15) is 5.75 Å². The van der Waals surface area contributed by atoms with Gasteiger partial charge in [-0.15, -0.1) is 0 Å². The smallest absolute Gasteiger partial charge is 0.293 e. The molecule has 0 aliphatic heterocycles. The van der Waals surface area contributed by atoms with E-state index in [1.165, 1.54) is 30.1 Å². The van der Waals surface area contributed by atoms with E-state index >= 15 is 0 Å². The molecule has 0 unspecified atom stereocenters. The Hall–Kier alpha value is -3.11. The second-order valence-electron chi connectivity index (χ2n) is 5.31. The molecule has 3 aromatic rings. The lowest BCUT2D eigenvalue weighted by atomic mass is 10.3. The molecule has 0 atom stereocenters. The highest BCUT2D eigenvalue weighted by atomic mass is 35.5. The predicted molar refractivity (Wildman–Crippen MR) is 99.0 cm³/mol. The fourth-order valence-electron chi connectivity index (χ4n) is 2.39. The van der Waals surface area contributed by atoms with E-state index in [9.17, 15) is 18.5 Å². The zero-order valence-corrected chi connectivity index (χ0v) is 15.4. The molecule has 11 heteroatoms. The summed E-state index contributed by atoms with van der Waals surface area (Å²) in [5, 5.41) is 15.7. The SMILES string of the molecule is COc1ccc(S(=O)(=O)Nc2cc(Cl)ccc2-n2cccn2)c([N+](=O)[O-])c1. The fraction of sp³-hybridized carbons (Fsp3) is 0.0625. The van der Waals surface area contributed by atoms with Crippen LogP contribution in [0.25, 0.3) is 5.69 Å². The van der Waals surface area contributed by atoms with E-state index in [1.54, 1.807) is 24.4 Å². The third-order valence-corrected chi connectivity index (χ3v) is 5.25. The van der Waals surface area contributed by atoms with Crippen LogP contribution in [0.5, 0.6) is 5.75 Å². The van der Waals surface area contributed by atoms with Crippen molar-refractivity contribution >= 4 is 33.0 Å². The van der Waals surface area contributed by atoms with Crippen LogP contribution in [0.1, 0.15) is 0 Å². The van der Waals surface area contributed by atoms with Crippen LogP contribution in [-0.2, 0) is 10.0 Å². The van der Waals surface area contributed by atoms with Gasteiger partial charge in [0, 0.05) is 17.4 Å². The number of hydrogen-bond acceptors (Lipinski definition) is 6. The van der Waals surface area contributed by atoms with Crippen molar-refractivity contribution in [3.05, 3.63) is 70.0 Å². The van der Waals surface area contributed by atoms with Gasteiger partial charge in [0.2, 0.25) is 0 Å². The van der Waals surface area contributed by atoms with Crippen LogP contribution >= 0.6 is 11.6 Å². The number of benzene rings is 2. The fourth-order valence-corrected chi connectivity index (χ4v) is 3.79. The molecule has 1 aromatic heterocycles. The van der Waals surface area contributed by atoms with Gasteiger partial charge in [-0.2, -0.15) is 5.10 Å². The van der Waals surface area contributed by atoms with E-state index in [4.69, 9.17) is 16.3 Å². The van der Waals surface area contributed by atoms with Crippen LogP contribution in [0.15, 0.2) is 59.8 Å². The summed E-state index contributed by atoms with van der Waals surface area (Å²) in [6.45, 7) is 0. The molecule has 1 heterocycles. The number of nitrogens with one attached hydrogen (secondary N) is 1. The summed E-state index contributed by atoms with van der Waals surface area (Å²) >= 11 is 5.99. The summed E-state index contributed by atoms with van der Waals surface area (Å²) in [6, 6.07) is 9.70. The Labute approximate surface area is 159 Å². The van der Waals surface area contributed by atoms with Crippen molar-refractivity contribution in [2.45, 2.75) is 4.90 Å². The Morgan fingerprint density at radius 3 is 2.67 bits per heavy atom. The maximum Gasteiger partial charge on any atom is 0.293 e. The Morgan fingerprint density at radius 1 is 1.26 bits per heavy atom. The highest BCUT2D eigenvalue weighted by molar-refractivity contribution is 7.92. The Kier molecular flexibility index (Phi) is 5.02. The lowest BCUT2D eigenvalue weighted by Gasteiger charge is -2.13. The number of nitrogens with zero attached hydrogens (tertiary/aromatic N) is 3. The number of sulfonamides is 1. The molecule has 27 heavy (non-hydrogen) atoms. The summed E-state index contributed by atoms with van der Waals surface area (Å²) in [5.74, 6) is 0.167. The average Bonchev–Trinajstić information content (AvgIpc) is 3.15. The number of hydrogen-bond donors (Lipinski definition) is 1. The molecule has 0 amide bonds. The van der Waals surface area contributed by atoms with Crippen LogP contribution in [0.2, 0.25) is 5.02 Å². The van der Waals surface area contributed by atoms with E-state index in [0.29, 0.717) is 5.69 Å². The minimum Gasteiger partial charge on any atom is -0.497 e. The largest absolute Gasteiger partial charge is 0.497 e. The van der Waals surface area contributed by atoms with Crippen molar-refractivity contribution in [2.24, 2.45) is 0 Å². The molecule has 0 aliphatic carbocycles. The monoisotopic (exact) mass is 408 g/mol. The van der Waals surface area contributed by atoms with Gasteiger partial charge in [0.05, 0.1) is 29.5 Å². The molecule has 2 aromatic carbocycles. The lowest BCUT2D eigenvalue weighted by molar-refractivity contribution is -0.387. The molecule has 3 rings (SSSR count). The van der Waals surface area contributed by atoms with Gasteiger partial charge >= 0.3 is 0 Å². The summed E-state index contributed by atoms with van der Waals surface area (Å²) in [5.41, 5.74) is -0.0787. The van der Waals surface area contributed by atoms with Crippen LogP contribution in [0.3, 0.4) is 0 Å². The first kappa shape index (κ1) is 18.7. The molecule has 0 saturated heterocycles. The molecule has 1 N–H and O–H groups in total. The number of anilines is 1. The Balaban J connectivity index is 2.09. The zero-order chi connectivity index (χ0) is 19.6. The number of ether oxygens (including phenoxy) is 1. The normalized spacial score (nSPS) is 11.2. The number of rotatable bonds is 6. The highest BCUT2D eigenvalue weighted by Gasteiger charge is 2.27. The van der Waals surface area contributed by atoms with Gasteiger partial charge in [-0.05, 0) is 36.4 Å².